The molecule has 0 aliphatic heterocycles. The first kappa shape index (κ1) is 17.8. The fraction of sp³-hybridized carbons (Fsp3) is 0.389. The summed E-state index contributed by atoms with van der Waals surface area (Å²) < 4.78 is 3.61. The largest absolute Gasteiger partial charge is 0.319 e. The number of nitrogens with zero attached hydrogens (tertiary/aromatic N) is 6. The Bertz CT molecular complexity index is 939. The normalized spacial score (nSPS) is 11.2. The van der Waals surface area contributed by atoms with Crippen molar-refractivity contribution in [2.45, 2.75) is 47.2 Å². The summed E-state index contributed by atoms with van der Waals surface area (Å²) in [5.41, 5.74) is 3.85. The quantitative estimate of drug-likeness (QED) is 0.761. The standard InChI is InChI=1S/C18H23N7O/c1-6-24-17(20-22-23-24)14-8-7-9-15(10-14)18(26)19-16-12(4)21-25(11(2)3)13(16)5/h7-11H,6H2,1-5H3,(H,19,26). The molecule has 136 valence electrons. The highest BCUT2D eigenvalue weighted by atomic mass is 16.1. The van der Waals surface area contributed by atoms with Crippen molar-refractivity contribution in [1.29, 1.82) is 0 Å². The molecule has 0 bridgehead atoms. The van der Waals surface area contributed by atoms with Crippen LogP contribution in [0.4, 0.5) is 5.69 Å². The van der Waals surface area contributed by atoms with Gasteiger partial charge in [-0.15, -0.1) is 5.10 Å². The predicted molar refractivity (Wildman–Crippen MR) is 99.0 cm³/mol. The van der Waals surface area contributed by atoms with Crippen molar-refractivity contribution >= 4 is 11.6 Å². The van der Waals surface area contributed by atoms with Crippen LogP contribution in [0.5, 0.6) is 0 Å². The minimum Gasteiger partial charge on any atom is -0.319 e. The summed E-state index contributed by atoms with van der Waals surface area (Å²) in [5.74, 6) is 0.457. The molecule has 3 aromatic rings. The Balaban J connectivity index is 1.89. The van der Waals surface area contributed by atoms with E-state index < -0.39 is 0 Å². The highest BCUT2D eigenvalue weighted by Crippen LogP contribution is 2.24. The molecular formula is C18H23N7O. The Morgan fingerprint density at radius 1 is 1.27 bits per heavy atom. The molecule has 2 heterocycles. The number of anilines is 1. The topological polar surface area (TPSA) is 90.5 Å². The van der Waals surface area contributed by atoms with Crippen LogP contribution in [-0.2, 0) is 6.54 Å². The van der Waals surface area contributed by atoms with Crippen LogP contribution in [0.15, 0.2) is 24.3 Å². The zero-order valence-corrected chi connectivity index (χ0v) is 15.7. The van der Waals surface area contributed by atoms with Gasteiger partial charge in [-0.3, -0.25) is 9.48 Å². The van der Waals surface area contributed by atoms with Gasteiger partial charge < -0.3 is 5.32 Å². The maximum Gasteiger partial charge on any atom is 0.255 e. The minimum absolute atomic E-state index is 0.183. The maximum absolute atomic E-state index is 12.8. The summed E-state index contributed by atoms with van der Waals surface area (Å²) >= 11 is 0. The summed E-state index contributed by atoms with van der Waals surface area (Å²) in [4.78, 5) is 12.8. The van der Waals surface area contributed by atoms with Crippen LogP contribution in [0.1, 0.15) is 48.6 Å². The van der Waals surface area contributed by atoms with Crippen molar-refractivity contribution < 1.29 is 4.79 Å². The molecule has 26 heavy (non-hydrogen) atoms. The average molecular weight is 353 g/mol. The van der Waals surface area contributed by atoms with Gasteiger partial charge in [0.25, 0.3) is 5.91 Å². The second-order valence-corrected chi connectivity index (χ2v) is 6.44. The summed E-state index contributed by atoms with van der Waals surface area (Å²) in [6, 6.07) is 7.52. The van der Waals surface area contributed by atoms with Crippen LogP contribution < -0.4 is 5.32 Å². The minimum atomic E-state index is -0.183. The number of rotatable bonds is 5. The third-order valence-corrected chi connectivity index (χ3v) is 4.27. The van der Waals surface area contributed by atoms with E-state index in [1.807, 2.05) is 37.6 Å². The molecule has 0 radical (unpaired) electrons. The lowest BCUT2D eigenvalue weighted by Crippen LogP contribution is -2.14. The van der Waals surface area contributed by atoms with Gasteiger partial charge in [-0.1, -0.05) is 12.1 Å². The molecule has 1 N–H and O–H groups in total. The van der Waals surface area contributed by atoms with E-state index in [0.717, 1.165) is 22.6 Å². The van der Waals surface area contributed by atoms with E-state index in [4.69, 9.17) is 0 Å². The maximum atomic E-state index is 12.8. The lowest BCUT2D eigenvalue weighted by molar-refractivity contribution is 0.102. The fourth-order valence-corrected chi connectivity index (χ4v) is 2.96. The van der Waals surface area contributed by atoms with Gasteiger partial charge in [-0.2, -0.15) is 5.10 Å². The smallest absolute Gasteiger partial charge is 0.255 e. The Kier molecular flexibility index (Phi) is 4.83. The van der Waals surface area contributed by atoms with Gasteiger partial charge >= 0.3 is 0 Å². The van der Waals surface area contributed by atoms with Gasteiger partial charge in [0.1, 0.15) is 0 Å². The van der Waals surface area contributed by atoms with E-state index in [2.05, 4.69) is 39.8 Å². The molecule has 8 nitrogen and oxygen atoms in total. The first-order chi connectivity index (χ1) is 12.4. The second-order valence-electron chi connectivity index (χ2n) is 6.44. The third kappa shape index (κ3) is 3.22. The van der Waals surface area contributed by atoms with E-state index in [9.17, 15) is 4.79 Å². The molecule has 0 aliphatic rings. The van der Waals surface area contributed by atoms with Gasteiger partial charge in [-0.25, -0.2) is 4.68 Å². The van der Waals surface area contributed by atoms with E-state index in [0.29, 0.717) is 17.9 Å². The molecule has 0 fully saturated rings. The van der Waals surface area contributed by atoms with Gasteiger partial charge in [-0.05, 0) is 57.2 Å². The molecule has 0 saturated heterocycles. The Morgan fingerprint density at radius 2 is 2.04 bits per heavy atom. The summed E-state index contributed by atoms with van der Waals surface area (Å²) in [6.07, 6.45) is 0. The zero-order valence-electron chi connectivity index (χ0n) is 15.7. The molecule has 0 aliphatic carbocycles. The van der Waals surface area contributed by atoms with Gasteiger partial charge in [0, 0.05) is 23.7 Å². The number of tetrazole rings is 1. The Hall–Kier alpha value is -3.03. The highest BCUT2D eigenvalue weighted by molar-refractivity contribution is 6.05. The molecule has 8 heteroatoms. The predicted octanol–water partition coefficient (Wildman–Crippen LogP) is 3.01. The molecule has 0 unspecified atom stereocenters. The highest BCUT2D eigenvalue weighted by Gasteiger charge is 2.17. The Morgan fingerprint density at radius 3 is 2.69 bits per heavy atom. The van der Waals surface area contributed by atoms with Crippen molar-refractivity contribution in [3.63, 3.8) is 0 Å². The van der Waals surface area contributed by atoms with Crippen LogP contribution >= 0.6 is 0 Å². The molecule has 2 aromatic heterocycles. The lowest BCUT2D eigenvalue weighted by Gasteiger charge is -2.10. The van der Waals surface area contributed by atoms with Crippen molar-refractivity contribution in [2.75, 3.05) is 5.32 Å². The number of carbonyl (C=O) groups excluding carboxylic acids is 1. The zero-order chi connectivity index (χ0) is 18.8. The van der Waals surface area contributed by atoms with Crippen LogP contribution in [0.25, 0.3) is 11.4 Å². The van der Waals surface area contributed by atoms with Gasteiger partial charge in [0.15, 0.2) is 5.82 Å². The van der Waals surface area contributed by atoms with Crippen molar-refractivity contribution in [2.24, 2.45) is 0 Å². The summed E-state index contributed by atoms with van der Waals surface area (Å²) in [7, 11) is 0. The van der Waals surface area contributed by atoms with Crippen LogP contribution in [-0.4, -0.2) is 35.9 Å². The number of nitrogens with one attached hydrogen (secondary N) is 1. The summed E-state index contributed by atoms with van der Waals surface area (Å²) in [5, 5.41) is 19.2. The molecule has 3 rings (SSSR count). The number of hydrogen-bond acceptors (Lipinski definition) is 5. The number of hydrogen-bond donors (Lipinski definition) is 1. The van der Waals surface area contributed by atoms with Gasteiger partial charge in [0.2, 0.25) is 0 Å². The van der Waals surface area contributed by atoms with Crippen LogP contribution in [0.3, 0.4) is 0 Å². The first-order valence-corrected chi connectivity index (χ1v) is 8.66. The molecule has 0 atom stereocenters. The fourth-order valence-electron chi connectivity index (χ4n) is 2.96. The van der Waals surface area contributed by atoms with E-state index in [1.54, 1.807) is 16.8 Å². The molecule has 1 aromatic carbocycles. The number of aryl methyl sites for hydroxylation is 2. The lowest BCUT2D eigenvalue weighted by atomic mass is 10.1. The molecule has 0 spiro atoms. The van der Waals surface area contributed by atoms with Crippen molar-refractivity contribution in [1.82, 2.24) is 30.0 Å². The van der Waals surface area contributed by atoms with Crippen LogP contribution in [0, 0.1) is 13.8 Å². The van der Waals surface area contributed by atoms with Crippen molar-refractivity contribution in [3.05, 3.63) is 41.2 Å². The molecular weight excluding hydrogens is 330 g/mol. The monoisotopic (exact) mass is 353 g/mol. The third-order valence-electron chi connectivity index (χ3n) is 4.27. The number of carbonyl (C=O) groups is 1. The number of aromatic nitrogens is 6. The van der Waals surface area contributed by atoms with Gasteiger partial charge in [0.05, 0.1) is 17.1 Å². The van der Waals surface area contributed by atoms with E-state index in [1.165, 1.54) is 0 Å². The first-order valence-electron chi connectivity index (χ1n) is 8.66. The van der Waals surface area contributed by atoms with Crippen molar-refractivity contribution in [3.8, 4) is 11.4 Å². The summed E-state index contributed by atoms with van der Waals surface area (Å²) in [6.45, 7) is 10.6. The number of amides is 1. The van der Waals surface area contributed by atoms with E-state index in [-0.39, 0.29) is 11.9 Å². The molecule has 1 amide bonds. The average Bonchev–Trinajstić information content (AvgIpc) is 3.21. The van der Waals surface area contributed by atoms with Crippen LogP contribution in [0.2, 0.25) is 0 Å². The second kappa shape index (κ2) is 7.07. The number of benzene rings is 1. The molecule has 0 saturated carbocycles. The van der Waals surface area contributed by atoms with E-state index >= 15 is 0 Å². The Labute approximate surface area is 152 Å². The SMILES string of the molecule is CCn1nnnc1-c1cccc(C(=O)Nc2c(C)nn(C(C)C)c2C)c1.